The molecule has 4 aromatic rings. The number of carbonyl (C=O) groups is 1. The summed E-state index contributed by atoms with van der Waals surface area (Å²) in [6, 6.07) is 13.7. The quantitative estimate of drug-likeness (QED) is 0.401. The third-order valence-electron chi connectivity index (χ3n) is 5.56. The van der Waals surface area contributed by atoms with Gasteiger partial charge in [-0.3, -0.25) is 18.7 Å². The standard InChI is InChI=1S/C24H24ClN5O4/c1-4-28-23(32)17-10-6-8-12-19(17)30(24(28)33)14-21(31)29(15(2)3)13-20-26-27-22(34-20)16-9-5-7-11-18(16)25/h5-12,15H,4,13-14H2,1-3H3. The van der Waals surface area contributed by atoms with Crippen molar-refractivity contribution in [3.05, 3.63) is 80.3 Å². The van der Waals surface area contributed by atoms with Gasteiger partial charge in [-0.25, -0.2) is 4.79 Å². The third-order valence-corrected chi connectivity index (χ3v) is 5.89. The van der Waals surface area contributed by atoms with Gasteiger partial charge in [-0.2, -0.15) is 0 Å². The van der Waals surface area contributed by atoms with Crippen LogP contribution in [0.2, 0.25) is 5.02 Å². The molecule has 0 radical (unpaired) electrons. The molecule has 176 valence electrons. The molecule has 0 aliphatic rings. The molecule has 0 unspecified atom stereocenters. The van der Waals surface area contributed by atoms with Crippen LogP contribution in [-0.2, 0) is 24.4 Å². The minimum absolute atomic E-state index is 0.0635. The fourth-order valence-electron chi connectivity index (χ4n) is 3.79. The molecular formula is C24H24ClN5O4. The summed E-state index contributed by atoms with van der Waals surface area (Å²) in [5, 5.41) is 8.99. The summed E-state index contributed by atoms with van der Waals surface area (Å²) in [6.45, 7) is 5.47. The summed E-state index contributed by atoms with van der Waals surface area (Å²) >= 11 is 6.21. The van der Waals surface area contributed by atoms with Crippen LogP contribution in [0.1, 0.15) is 26.7 Å². The Morgan fingerprint density at radius 1 is 1.06 bits per heavy atom. The number of benzene rings is 2. The molecule has 0 saturated carbocycles. The maximum atomic E-state index is 13.3. The first-order valence-electron chi connectivity index (χ1n) is 10.9. The van der Waals surface area contributed by atoms with E-state index in [1.807, 2.05) is 19.9 Å². The second-order valence-electron chi connectivity index (χ2n) is 8.03. The number of rotatable bonds is 7. The molecule has 2 aromatic carbocycles. The zero-order valence-corrected chi connectivity index (χ0v) is 19.8. The Morgan fingerprint density at radius 3 is 2.47 bits per heavy atom. The van der Waals surface area contributed by atoms with E-state index >= 15 is 0 Å². The predicted molar refractivity (Wildman–Crippen MR) is 129 cm³/mol. The van der Waals surface area contributed by atoms with Crippen molar-refractivity contribution in [2.24, 2.45) is 0 Å². The largest absolute Gasteiger partial charge is 0.419 e. The molecule has 2 heterocycles. The number of para-hydroxylation sites is 1. The van der Waals surface area contributed by atoms with Crippen LogP contribution in [0.3, 0.4) is 0 Å². The number of fused-ring (bicyclic) bond motifs is 1. The first kappa shape index (κ1) is 23.4. The smallest absolute Gasteiger partial charge is 0.331 e. The molecule has 4 rings (SSSR count). The summed E-state index contributed by atoms with van der Waals surface area (Å²) in [5.74, 6) is 0.183. The number of amides is 1. The van der Waals surface area contributed by atoms with Crippen molar-refractivity contribution in [1.82, 2.24) is 24.2 Å². The van der Waals surface area contributed by atoms with Gasteiger partial charge in [-0.05, 0) is 45.0 Å². The number of hydrogen-bond donors (Lipinski definition) is 0. The third kappa shape index (κ3) is 4.38. The minimum Gasteiger partial charge on any atom is -0.419 e. The molecule has 0 spiro atoms. The van der Waals surface area contributed by atoms with Gasteiger partial charge in [0, 0.05) is 12.6 Å². The summed E-state index contributed by atoms with van der Waals surface area (Å²) in [4.78, 5) is 40.6. The zero-order valence-electron chi connectivity index (χ0n) is 19.1. The van der Waals surface area contributed by atoms with E-state index in [1.54, 1.807) is 54.3 Å². The molecule has 0 bridgehead atoms. The van der Waals surface area contributed by atoms with Crippen LogP contribution in [0.5, 0.6) is 0 Å². The van der Waals surface area contributed by atoms with Crippen LogP contribution in [0.4, 0.5) is 0 Å². The van der Waals surface area contributed by atoms with Crippen LogP contribution in [-0.4, -0.2) is 36.2 Å². The summed E-state index contributed by atoms with van der Waals surface area (Å²) in [6.07, 6.45) is 0. The number of carbonyl (C=O) groups excluding carboxylic acids is 1. The summed E-state index contributed by atoms with van der Waals surface area (Å²) in [5.41, 5.74) is 0.121. The fraction of sp³-hybridized carbons (Fsp3) is 0.292. The topological polar surface area (TPSA) is 103 Å². The molecule has 0 aliphatic carbocycles. The van der Waals surface area contributed by atoms with Crippen LogP contribution in [0.25, 0.3) is 22.4 Å². The highest BCUT2D eigenvalue weighted by atomic mass is 35.5. The van der Waals surface area contributed by atoms with Crippen LogP contribution in [0, 0.1) is 0 Å². The number of nitrogens with zero attached hydrogens (tertiary/aromatic N) is 5. The number of halogens is 1. The molecular weight excluding hydrogens is 458 g/mol. The van der Waals surface area contributed by atoms with Gasteiger partial charge in [0.25, 0.3) is 5.56 Å². The van der Waals surface area contributed by atoms with E-state index < -0.39 is 5.69 Å². The highest BCUT2D eigenvalue weighted by molar-refractivity contribution is 6.33. The van der Waals surface area contributed by atoms with Gasteiger partial charge in [-0.15, -0.1) is 10.2 Å². The first-order valence-corrected chi connectivity index (χ1v) is 11.3. The van der Waals surface area contributed by atoms with Crippen molar-refractivity contribution in [3.8, 4) is 11.5 Å². The van der Waals surface area contributed by atoms with E-state index in [9.17, 15) is 14.4 Å². The van der Waals surface area contributed by atoms with E-state index in [-0.39, 0.29) is 48.9 Å². The SMILES string of the molecule is CCn1c(=O)c2ccccc2n(CC(=O)N(Cc2nnc(-c3ccccc3Cl)o2)C(C)C)c1=O. The Morgan fingerprint density at radius 2 is 1.76 bits per heavy atom. The van der Waals surface area contributed by atoms with Crippen molar-refractivity contribution in [1.29, 1.82) is 0 Å². The maximum Gasteiger partial charge on any atom is 0.331 e. The molecule has 0 aliphatic heterocycles. The van der Waals surface area contributed by atoms with E-state index in [2.05, 4.69) is 10.2 Å². The number of aromatic nitrogens is 4. The summed E-state index contributed by atoms with van der Waals surface area (Å²) < 4.78 is 8.23. The molecule has 0 atom stereocenters. The van der Waals surface area contributed by atoms with Gasteiger partial charge < -0.3 is 9.32 Å². The highest BCUT2D eigenvalue weighted by Gasteiger charge is 2.23. The molecule has 1 amide bonds. The van der Waals surface area contributed by atoms with Gasteiger partial charge in [-0.1, -0.05) is 35.9 Å². The Hall–Kier alpha value is -3.72. The predicted octanol–water partition coefficient (Wildman–Crippen LogP) is 3.32. The molecule has 2 aromatic heterocycles. The van der Waals surface area contributed by atoms with Crippen molar-refractivity contribution in [2.75, 3.05) is 0 Å². The van der Waals surface area contributed by atoms with Crippen molar-refractivity contribution in [2.45, 2.75) is 46.4 Å². The van der Waals surface area contributed by atoms with Crippen LogP contribution in [0.15, 0.2) is 62.5 Å². The first-order chi connectivity index (χ1) is 16.3. The Kier molecular flexibility index (Phi) is 6.65. The van der Waals surface area contributed by atoms with Crippen molar-refractivity contribution >= 4 is 28.4 Å². The van der Waals surface area contributed by atoms with E-state index in [0.29, 0.717) is 21.5 Å². The Balaban J connectivity index is 1.65. The van der Waals surface area contributed by atoms with Crippen molar-refractivity contribution < 1.29 is 9.21 Å². The lowest BCUT2D eigenvalue weighted by Gasteiger charge is -2.26. The van der Waals surface area contributed by atoms with E-state index in [1.165, 1.54) is 4.57 Å². The lowest BCUT2D eigenvalue weighted by molar-refractivity contribution is -0.134. The van der Waals surface area contributed by atoms with Crippen molar-refractivity contribution in [3.63, 3.8) is 0 Å². The monoisotopic (exact) mass is 481 g/mol. The fourth-order valence-corrected chi connectivity index (χ4v) is 4.01. The minimum atomic E-state index is -0.526. The second kappa shape index (κ2) is 9.64. The molecule has 0 saturated heterocycles. The lowest BCUT2D eigenvalue weighted by atomic mass is 10.2. The molecule has 0 fully saturated rings. The van der Waals surface area contributed by atoms with Gasteiger partial charge in [0.15, 0.2) is 0 Å². The van der Waals surface area contributed by atoms with Crippen LogP contribution < -0.4 is 11.2 Å². The van der Waals surface area contributed by atoms with E-state index in [0.717, 1.165) is 4.57 Å². The van der Waals surface area contributed by atoms with Gasteiger partial charge >= 0.3 is 5.69 Å². The molecule has 34 heavy (non-hydrogen) atoms. The van der Waals surface area contributed by atoms with Gasteiger partial charge in [0.2, 0.25) is 17.7 Å². The average molecular weight is 482 g/mol. The normalized spacial score (nSPS) is 11.3. The van der Waals surface area contributed by atoms with Gasteiger partial charge in [0.05, 0.1) is 28.0 Å². The Labute approximate surface area is 200 Å². The lowest BCUT2D eigenvalue weighted by Crippen LogP contribution is -2.44. The van der Waals surface area contributed by atoms with Gasteiger partial charge in [0.1, 0.15) is 6.54 Å². The van der Waals surface area contributed by atoms with E-state index in [4.69, 9.17) is 16.0 Å². The molecule has 10 heteroatoms. The zero-order chi connectivity index (χ0) is 24.4. The Bertz CT molecular complexity index is 1470. The highest BCUT2D eigenvalue weighted by Crippen LogP contribution is 2.26. The van der Waals surface area contributed by atoms with Crippen LogP contribution >= 0.6 is 11.6 Å². The second-order valence-corrected chi connectivity index (χ2v) is 8.44. The summed E-state index contributed by atoms with van der Waals surface area (Å²) in [7, 11) is 0. The average Bonchev–Trinajstić information content (AvgIpc) is 3.29. The molecule has 0 N–H and O–H groups in total. The maximum absolute atomic E-state index is 13.3. The molecule has 9 nitrogen and oxygen atoms in total. The number of hydrogen-bond acceptors (Lipinski definition) is 6.